The summed E-state index contributed by atoms with van der Waals surface area (Å²) < 4.78 is 0. The average Bonchev–Trinajstić information content (AvgIpc) is 2.33. The first-order valence-electron chi connectivity index (χ1n) is 7.59. The van der Waals surface area contributed by atoms with E-state index in [1.54, 1.807) is 0 Å². The first kappa shape index (κ1) is 14.9. The van der Waals surface area contributed by atoms with Crippen LogP contribution in [0.15, 0.2) is 24.3 Å². The van der Waals surface area contributed by atoms with E-state index in [0.717, 1.165) is 17.5 Å². The Bertz CT molecular complexity index is 392. The predicted octanol–water partition coefficient (Wildman–Crippen LogP) is 5.09. The normalized spacial score (nSPS) is 17.8. The van der Waals surface area contributed by atoms with E-state index in [4.69, 9.17) is 11.6 Å². The van der Waals surface area contributed by atoms with Crippen LogP contribution < -0.4 is 0 Å². The Hall–Kier alpha value is -0.530. The Morgan fingerprint density at radius 2 is 1.84 bits per heavy atom. The molecule has 0 amide bonds. The Balaban J connectivity index is 2.18. The van der Waals surface area contributed by atoms with Crippen molar-refractivity contribution in [1.82, 2.24) is 4.90 Å². The molecule has 1 aromatic rings. The maximum absolute atomic E-state index is 6.03. The molecule has 1 aliphatic carbocycles. The number of halogens is 1. The number of nitrogens with zero attached hydrogens (tertiary/aromatic N) is 1. The van der Waals surface area contributed by atoms with Crippen molar-refractivity contribution < 1.29 is 0 Å². The number of rotatable bonds is 6. The lowest BCUT2D eigenvalue weighted by Gasteiger charge is -2.51. The lowest BCUT2D eigenvalue weighted by molar-refractivity contribution is 0.0126. The molecule has 0 heterocycles. The largest absolute Gasteiger partial charge is 0.294 e. The highest BCUT2D eigenvalue weighted by atomic mass is 35.5. The molecular weight excluding hydrogens is 254 g/mol. The molecule has 1 fully saturated rings. The summed E-state index contributed by atoms with van der Waals surface area (Å²) >= 11 is 6.03. The van der Waals surface area contributed by atoms with Crippen molar-refractivity contribution in [2.45, 2.75) is 52.0 Å². The van der Waals surface area contributed by atoms with E-state index in [1.807, 2.05) is 12.1 Å². The zero-order chi connectivity index (χ0) is 13.9. The third kappa shape index (κ3) is 3.14. The smallest absolute Gasteiger partial charge is 0.0460 e. The number of hydrogen-bond acceptors (Lipinski definition) is 1. The Kier molecular flexibility index (Phi) is 4.92. The van der Waals surface area contributed by atoms with Crippen LogP contribution in [0.4, 0.5) is 0 Å². The third-order valence-electron chi connectivity index (χ3n) is 4.53. The summed E-state index contributed by atoms with van der Waals surface area (Å²) in [5.41, 5.74) is 1.74. The minimum atomic E-state index is 0.286. The third-order valence-corrected chi connectivity index (χ3v) is 4.78. The van der Waals surface area contributed by atoms with Crippen LogP contribution in [0.5, 0.6) is 0 Å². The van der Waals surface area contributed by atoms with Crippen molar-refractivity contribution in [3.8, 4) is 0 Å². The lowest BCUT2D eigenvalue weighted by Crippen LogP contribution is -2.51. The second-order valence-electron chi connectivity index (χ2n) is 6.15. The number of hydrogen-bond donors (Lipinski definition) is 0. The van der Waals surface area contributed by atoms with E-state index >= 15 is 0 Å². The van der Waals surface area contributed by atoms with Gasteiger partial charge < -0.3 is 0 Å². The van der Waals surface area contributed by atoms with E-state index in [1.165, 1.54) is 37.8 Å². The highest BCUT2D eigenvalue weighted by molar-refractivity contribution is 6.30. The van der Waals surface area contributed by atoms with Gasteiger partial charge in [0.25, 0.3) is 0 Å². The number of benzene rings is 1. The van der Waals surface area contributed by atoms with Crippen LogP contribution in [-0.4, -0.2) is 18.0 Å². The molecule has 0 saturated heterocycles. The maximum Gasteiger partial charge on any atom is 0.0460 e. The summed E-state index contributed by atoms with van der Waals surface area (Å²) in [6.07, 6.45) is 5.21. The van der Waals surface area contributed by atoms with Crippen LogP contribution in [-0.2, 0) is 5.54 Å². The highest BCUT2D eigenvalue weighted by Crippen LogP contribution is 2.46. The molecule has 2 rings (SSSR count). The molecule has 106 valence electrons. The van der Waals surface area contributed by atoms with Gasteiger partial charge in [0, 0.05) is 10.6 Å². The van der Waals surface area contributed by atoms with E-state index in [2.05, 4.69) is 37.8 Å². The van der Waals surface area contributed by atoms with Crippen LogP contribution in [0.25, 0.3) is 0 Å². The van der Waals surface area contributed by atoms with Gasteiger partial charge in [-0.15, -0.1) is 0 Å². The van der Waals surface area contributed by atoms with Gasteiger partial charge in [-0.05, 0) is 62.4 Å². The Labute approximate surface area is 123 Å². The fraction of sp³-hybridized carbons (Fsp3) is 0.647. The standard InChI is InChI=1S/C17H26ClN/c1-4-19(13-10-14(2)3)17(11-5-12-17)15-6-8-16(18)9-7-15/h6-9,14H,4-5,10-13H2,1-3H3. The molecule has 19 heavy (non-hydrogen) atoms. The van der Waals surface area contributed by atoms with Crippen molar-refractivity contribution in [3.05, 3.63) is 34.9 Å². The van der Waals surface area contributed by atoms with Crippen molar-refractivity contribution in [2.24, 2.45) is 5.92 Å². The molecular formula is C17H26ClN. The summed E-state index contributed by atoms with van der Waals surface area (Å²) in [5.74, 6) is 0.774. The lowest BCUT2D eigenvalue weighted by atomic mass is 9.70. The van der Waals surface area contributed by atoms with Gasteiger partial charge in [-0.2, -0.15) is 0 Å². The van der Waals surface area contributed by atoms with Crippen LogP contribution in [0.2, 0.25) is 5.02 Å². The molecule has 0 aliphatic heterocycles. The van der Waals surface area contributed by atoms with Gasteiger partial charge in [0.2, 0.25) is 0 Å². The molecule has 0 atom stereocenters. The molecule has 0 spiro atoms. The minimum Gasteiger partial charge on any atom is -0.294 e. The average molecular weight is 280 g/mol. The van der Waals surface area contributed by atoms with Crippen molar-refractivity contribution in [2.75, 3.05) is 13.1 Å². The van der Waals surface area contributed by atoms with Gasteiger partial charge >= 0.3 is 0 Å². The molecule has 0 bridgehead atoms. The molecule has 1 saturated carbocycles. The minimum absolute atomic E-state index is 0.286. The fourth-order valence-corrected chi connectivity index (χ4v) is 3.27. The van der Waals surface area contributed by atoms with Crippen molar-refractivity contribution in [1.29, 1.82) is 0 Å². The van der Waals surface area contributed by atoms with Gasteiger partial charge in [0.1, 0.15) is 0 Å². The van der Waals surface area contributed by atoms with Crippen molar-refractivity contribution >= 4 is 11.6 Å². The second-order valence-corrected chi connectivity index (χ2v) is 6.59. The van der Waals surface area contributed by atoms with Crippen LogP contribution in [0.1, 0.15) is 52.0 Å². The predicted molar refractivity (Wildman–Crippen MR) is 83.7 cm³/mol. The molecule has 2 heteroatoms. The van der Waals surface area contributed by atoms with Gasteiger partial charge in [-0.25, -0.2) is 0 Å². The molecule has 0 radical (unpaired) electrons. The van der Waals surface area contributed by atoms with E-state index in [-0.39, 0.29) is 5.54 Å². The van der Waals surface area contributed by atoms with Crippen LogP contribution in [0, 0.1) is 5.92 Å². The summed E-state index contributed by atoms with van der Waals surface area (Å²) in [6.45, 7) is 9.25. The summed E-state index contributed by atoms with van der Waals surface area (Å²) in [7, 11) is 0. The summed E-state index contributed by atoms with van der Waals surface area (Å²) in [5, 5.41) is 0.837. The fourth-order valence-electron chi connectivity index (χ4n) is 3.15. The topological polar surface area (TPSA) is 3.24 Å². The Morgan fingerprint density at radius 1 is 1.21 bits per heavy atom. The van der Waals surface area contributed by atoms with E-state index in [9.17, 15) is 0 Å². The Morgan fingerprint density at radius 3 is 2.26 bits per heavy atom. The zero-order valence-electron chi connectivity index (χ0n) is 12.5. The van der Waals surface area contributed by atoms with E-state index in [0.29, 0.717) is 0 Å². The monoisotopic (exact) mass is 279 g/mol. The van der Waals surface area contributed by atoms with E-state index < -0.39 is 0 Å². The molecule has 0 aromatic heterocycles. The molecule has 0 unspecified atom stereocenters. The zero-order valence-corrected chi connectivity index (χ0v) is 13.2. The first-order chi connectivity index (χ1) is 9.08. The quantitative estimate of drug-likeness (QED) is 0.701. The second kappa shape index (κ2) is 6.28. The molecule has 0 N–H and O–H groups in total. The van der Waals surface area contributed by atoms with Crippen molar-refractivity contribution in [3.63, 3.8) is 0 Å². The molecule has 1 aromatic carbocycles. The summed E-state index contributed by atoms with van der Waals surface area (Å²) in [4.78, 5) is 2.68. The van der Waals surface area contributed by atoms with Gasteiger partial charge in [0.05, 0.1) is 0 Å². The van der Waals surface area contributed by atoms with Crippen LogP contribution >= 0.6 is 11.6 Å². The molecule has 1 nitrogen and oxygen atoms in total. The van der Waals surface area contributed by atoms with Gasteiger partial charge in [-0.3, -0.25) is 4.90 Å². The van der Waals surface area contributed by atoms with Gasteiger partial charge in [-0.1, -0.05) is 44.5 Å². The molecule has 1 aliphatic rings. The maximum atomic E-state index is 6.03. The van der Waals surface area contributed by atoms with Gasteiger partial charge in [0.15, 0.2) is 0 Å². The SMILES string of the molecule is CCN(CCC(C)C)C1(c2ccc(Cl)cc2)CCC1. The first-order valence-corrected chi connectivity index (χ1v) is 7.97. The summed E-state index contributed by atoms with van der Waals surface area (Å²) in [6, 6.07) is 8.51. The highest BCUT2D eigenvalue weighted by Gasteiger charge is 2.42. The van der Waals surface area contributed by atoms with Crippen LogP contribution in [0.3, 0.4) is 0 Å².